The number of hydrogen-bond acceptors (Lipinski definition) is 3. The Morgan fingerprint density at radius 1 is 1.43 bits per heavy atom. The van der Waals surface area contributed by atoms with E-state index in [4.69, 9.17) is 11.6 Å². The maximum absolute atomic E-state index is 12.6. The molecule has 1 aromatic heterocycles. The number of carbonyl (C=O) groups is 2. The van der Waals surface area contributed by atoms with Gasteiger partial charge in [0.1, 0.15) is 6.04 Å². The molecular weight excluding hydrogens is 314 g/mol. The molecule has 1 saturated heterocycles. The van der Waals surface area contributed by atoms with Crippen LogP contribution in [-0.4, -0.2) is 34.3 Å². The lowest BCUT2D eigenvalue weighted by atomic mass is 10.00. The van der Waals surface area contributed by atoms with Gasteiger partial charge in [0.15, 0.2) is 0 Å². The van der Waals surface area contributed by atoms with Crippen LogP contribution in [0.2, 0.25) is 5.02 Å². The molecule has 0 spiro atoms. The molecule has 1 aliphatic heterocycles. The van der Waals surface area contributed by atoms with Crippen LogP contribution in [0.25, 0.3) is 0 Å². The van der Waals surface area contributed by atoms with Crippen molar-refractivity contribution in [1.82, 2.24) is 15.2 Å². The van der Waals surface area contributed by atoms with Crippen molar-refractivity contribution in [1.29, 1.82) is 0 Å². The molecule has 1 aromatic rings. The van der Waals surface area contributed by atoms with Crippen molar-refractivity contribution in [2.45, 2.75) is 58.0 Å². The Balaban J connectivity index is 2.02. The van der Waals surface area contributed by atoms with Gasteiger partial charge in [-0.25, -0.2) is 0 Å². The number of pyridine rings is 1. The normalized spacial score (nSPS) is 19.3. The number of hydrogen-bond donors (Lipinski definition) is 1. The molecule has 0 saturated carbocycles. The van der Waals surface area contributed by atoms with E-state index in [1.165, 1.54) is 0 Å². The summed E-state index contributed by atoms with van der Waals surface area (Å²) in [5.74, 6) is -0.0250. The van der Waals surface area contributed by atoms with Crippen LogP contribution in [0, 0.1) is 0 Å². The fraction of sp³-hybridized carbons (Fsp3) is 0.588. The van der Waals surface area contributed by atoms with Gasteiger partial charge in [0.2, 0.25) is 11.8 Å². The highest BCUT2D eigenvalue weighted by atomic mass is 35.5. The van der Waals surface area contributed by atoms with E-state index in [0.717, 1.165) is 31.4 Å². The van der Waals surface area contributed by atoms with Crippen LogP contribution in [0.15, 0.2) is 18.3 Å². The molecule has 1 N–H and O–H groups in total. The highest BCUT2D eigenvalue weighted by Crippen LogP contribution is 2.20. The van der Waals surface area contributed by atoms with Crippen LogP contribution in [0.1, 0.15) is 57.7 Å². The van der Waals surface area contributed by atoms with Crippen LogP contribution in [-0.2, 0) is 9.59 Å². The van der Waals surface area contributed by atoms with E-state index in [-0.39, 0.29) is 23.9 Å². The lowest BCUT2D eigenvalue weighted by Gasteiger charge is -2.35. The second-order valence-electron chi connectivity index (χ2n) is 5.98. The number of nitrogens with one attached hydrogen (secondary N) is 1. The summed E-state index contributed by atoms with van der Waals surface area (Å²) in [6.45, 7) is 4.53. The Labute approximate surface area is 142 Å². The molecule has 23 heavy (non-hydrogen) atoms. The fourth-order valence-electron chi connectivity index (χ4n) is 2.89. The van der Waals surface area contributed by atoms with Crippen molar-refractivity contribution in [2.75, 3.05) is 6.54 Å². The average Bonchev–Trinajstić information content (AvgIpc) is 2.55. The summed E-state index contributed by atoms with van der Waals surface area (Å²) in [6, 6.07) is 2.97. The number of halogens is 1. The Morgan fingerprint density at radius 3 is 2.87 bits per heavy atom. The summed E-state index contributed by atoms with van der Waals surface area (Å²) in [5, 5.41) is 3.54. The Morgan fingerprint density at radius 2 is 2.22 bits per heavy atom. The van der Waals surface area contributed by atoms with Crippen molar-refractivity contribution in [3.05, 3.63) is 29.0 Å². The monoisotopic (exact) mass is 337 g/mol. The number of nitrogens with zero attached hydrogens (tertiary/aromatic N) is 2. The van der Waals surface area contributed by atoms with Gasteiger partial charge in [-0.15, -0.1) is 0 Å². The minimum absolute atomic E-state index is 0.0737. The van der Waals surface area contributed by atoms with Gasteiger partial charge < -0.3 is 10.2 Å². The first-order chi connectivity index (χ1) is 11.0. The van der Waals surface area contributed by atoms with Gasteiger partial charge in [0.25, 0.3) is 0 Å². The predicted molar refractivity (Wildman–Crippen MR) is 90.1 cm³/mol. The van der Waals surface area contributed by atoms with E-state index in [0.29, 0.717) is 18.0 Å². The number of rotatable bonds is 5. The van der Waals surface area contributed by atoms with Crippen molar-refractivity contribution >= 4 is 23.4 Å². The summed E-state index contributed by atoms with van der Waals surface area (Å²) in [4.78, 5) is 30.8. The molecule has 0 aliphatic carbocycles. The molecule has 2 rings (SSSR count). The van der Waals surface area contributed by atoms with Crippen LogP contribution in [0.4, 0.5) is 0 Å². The Hall–Kier alpha value is -1.62. The molecule has 0 radical (unpaired) electrons. The lowest BCUT2D eigenvalue weighted by Crippen LogP contribution is -2.52. The first-order valence-electron chi connectivity index (χ1n) is 8.24. The van der Waals surface area contributed by atoms with Crippen molar-refractivity contribution < 1.29 is 9.59 Å². The molecule has 2 atom stereocenters. The van der Waals surface area contributed by atoms with Crippen LogP contribution in [0.3, 0.4) is 0 Å². The second kappa shape index (κ2) is 8.29. The average molecular weight is 338 g/mol. The van der Waals surface area contributed by atoms with E-state index < -0.39 is 0 Å². The zero-order valence-electron chi connectivity index (χ0n) is 13.7. The van der Waals surface area contributed by atoms with E-state index in [9.17, 15) is 9.59 Å². The third kappa shape index (κ3) is 4.67. The standard InChI is InChI=1S/C17H24ClN3O2/c1-3-6-16(22)21-10-5-4-7-15(21)17(23)20-12(2)14-9-8-13(18)11-19-14/h8-9,11-12,15H,3-7,10H2,1-2H3,(H,20,23)/t12-,15?/m0/s1. The van der Waals surface area contributed by atoms with Crippen molar-refractivity contribution in [3.63, 3.8) is 0 Å². The minimum Gasteiger partial charge on any atom is -0.346 e. The number of piperidine rings is 1. The highest BCUT2D eigenvalue weighted by molar-refractivity contribution is 6.30. The zero-order valence-corrected chi connectivity index (χ0v) is 14.5. The van der Waals surface area contributed by atoms with Gasteiger partial charge in [0, 0.05) is 19.2 Å². The Kier molecular flexibility index (Phi) is 6.39. The summed E-state index contributed by atoms with van der Waals surface area (Å²) in [6.07, 6.45) is 5.53. The van der Waals surface area contributed by atoms with Crippen LogP contribution >= 0.6 is 11.6 Å². The number of amides is 2. The number of likely N-dealkylation sites (tertiary alicyclic amines) is 1. The molecule has 1 fully saturated rings. The van der Waals surface area contributed by atoms with Crippen LogP contribution < -0.4 is 5.32 Å². The van der Waals surface area contributed by atoms with E-state index in [1.54, 1.807) is 23.2 Å². The molecule has 6 heteroatoms. The third-order valence-electron chi connectivity index (χ3n) is 4.14. The van der Waals surface area contributed by atoms with Gasteiger partial charge in [-0.1, -0.05) is 18.5 Å². The molecule has 0 aromatic carbocycles. The summed E-state index contributed by atoms with van der Waals surface area (Å²) >= 11 is 5.83. The maximum Gasteiger partial charge on any atom is 0.243 e. The minimum atomic E-state index is -0.363. The largest absolute Gasteiger partial charge is 0.346 e. The summed E-state index contributed by atoms with van der Waals surface area (Å²) in [7, 11) is 0. The molecular formula is C17H24ClN3O2. The van der Waals surface area contributed by atoms with Gasteiger partial charge in [-0.3, -0.25) is 14.6 Å². The SMILES string of the molecule is CCCC(=O)N1CCCCC1C(=O)N[C@@H](C)c1ccc(Cl)cn1. The second-order valence-corrected chi connectivity index (χ2v) is 6.42. The van der Waals surface area contributed by atoms with Gasteiger partial charge in [-0.05, 0) is 44.7 Å². The first kappa shape index (κ1) is 17.7. The van der Waals surface area contributed by atoms with Crippen LogP contribution in [0.5, 0.6) is 0 Å². The summed E-state index contributed by atoms with van der Waals surface area (Å²) < 4.78 is 0. The topological polar surface area (TPSA) is 62.3 Å². The van der Waals surface area contributed by atoms with E-state index >= 15 is 0 Å². The van der Waals surface area contributed by atoms with E-state index in [2.05, 4.69) is 10.3 Å². The van der Waals surface area contributed by atoms with Gasteiger partial charge >= 0.3 is 0 Å². The quantitative estimate of drug-likeness (QED) is 0.898. The molecule has 1 unspecified atom stereocenters. The molecule has 1 aliphatic rings. The maximum atomic E-state index is 12.6. The van der Waals surface area contributed by atoms with Gasteiger partial charge in [-0.2, -0.15) is 0 Å². The number of aromatic nitrogens is 1. The molecule has 126 valence electrons. The van der Waals surface area contributed by atoms with Crippen molar-refractivity contribution in [3.8, 4) is 0 Å². The van der Waals surface area contributed by atoms with E-state index in [1.807, 2.05) is 13.8 Å². The summed E-state index contributed by atoms with van der Waals surface area (Å²) in [5.41, 5.74) is 0.755. The smallest absolute Gasteiger partial charge is 0.243 e. The third-order valence-corrected chi connectivity index (χ3v) is 4.37. The van der Waals surface area contributed by atoms with Crippen molar-refractivity contribution in [2.24, 2.45) is 0 Å². The van der Waals surface area contributed by atoms with Gasteiger partial charge in [0.05, 0.1) is 16.8 Å². The first-order valence-corrected chi connectivity index (χ1v) is 8.62. The number of carbonyl (C=O) groups excluding carboxylic acids is 2. The fourth-order valence-corrected chi connectivity index (χ4v) is 3.00. The zero-order chi connectivity index (χ0) is 16.8. The molecule has 0 bridgehead atoms. The predicted octanol–water partition coefficient (Wildman–Crippen LogP) is 3.09. The lowest BCUT2D eigenvalue weighted by molar-refractivity contribution is -0.142. The molecule has 2 heterocycles. The molecule has 2 amide bonds. The molecule has 5 nitrogen and oxygen atoms in total. The Bertz CT molecular complexity index is 547. The highest BCUT2D eigenvalue weighted by Gasteiger charge is 2.32.